The highest BCUT2D eigenvalue weighted by Crippen LogP contribution is 2.37. The highest BCUT2D eigenvalue weighted by atomic mass is 28.4. The van der Waals surface area contributed by atoms with Crippen LogP contribution >= 0.6 is 0 Å². The smallest absolute Gasteiger partial charge is 0.309 e. The fourth-order valence-electron chi connectivity index (χ4n) is 2.39. The zero-order valence-corrected chi connectivity index (χ0v) is 15.8. The van der Waals surface area contributed by atoms with Crippen LogP contribution in [0.4, 0.5) is 0 Å². The molecule has 0 bridgehead atoms. The molecule has 1 fully saturated rings. The molecule has 0 aromatic carbocycles. The van der Waals surface area contributed by atoms with E-state index in [9.17, 15) is 4.79 Å². The van der Waals surface area contributed by atoms with Crippen LogP contribution in [0.2, 0.25) is 18.1 Å². The highest BCUT2D eigenvalue weighted by molar-refractivity contribution is 6.74. The van der Waals surface area contributed by atoms with Crippen LogP contribution in [0, 0.1) is 11.8 Å². The summed E-state index contributed by atoms with van der Waals surface area (Å²) in [7, 11) is -1.67. The number of allylic oxidation sites excluding steroid dienone is 1. The monoisotopic (exact) mass is 312 g/mol. The first-order chi connectivity index (χ1) is 9.60. The minimum absolute atomic E-state index is 0.0178. The SMILES string of the molecule is C/C=C(/C)[C@H]1COC(=O)[C@@H]1CCCO[Si](C)(C)C(C)(C)C. The first kappa shape index (κ1) is 18.4. The fourth-order valence-corrected chi connectivity index (χ4v) is 3.48. The number of ether oxygens (including phenoxy) is 1. The molecule has 0 aromatic heterocycles. The zero-order chi connectivity index (χ0) is 16.3. The van der Waals surface area contributed by atoms with E-state index in [1.165, 1.54) is 5.57 Å². The Morgan fingerprint density at radius 3 is 2.57 bits per heavy atom. The minimum Gasteiger partial charge on any atom is -0.465 e. The molecule has 1 aliphatic rings. The number of carbonyl (C=O) groups is 1. The second-order valence-electron chi connectivity index (χ2n) is 7.63. The van der Waals surface area contributed by atoms with Gasteiger partial charge in [0, 0.05) is 12.5 Å². The fraction of sp³-hybridized carbons (Fsp3) is 0.824. The molecule has 0 aliphatic carbocycles. The molecule has 1 saturated heterocycles. The number of hydrogen-bond donors (Lipinski definition) is 0. The molecule has 2 atom stereocenters. The van der Waals surface area contributed by atoms with E-state index < -0.39 is 8.32 Å². The summed E-state index contributed by atoms with van der Waals surface area (Å²) in [5.74, 6) is 0.244. The van der Waals surface area contributed by atoms with Crippen molar-refractivity contribution in [3.63, 3.8) is 0 Å². The molecule has 0 radical (unpaired) electrons. The summed E-state index contributed by atoms with van der Waals surface area (Å²) >= 11 is 0. The van der Waals surface area contributed by atoms with Crippen molar-refractivity contribution in [3.8, 4) is 0 Å². The van der Waals surface area contributed by atoms with Crippen LogP contribution in [0.1, 0.15) is 47.5 Å². The van der Waals surface area contributed by atoms with Gasteiger partial charge in [-0.1, -0.05) is 32.4 Å². The van der Waals surface area contributed by atoms with Crippen molar-refractivity contribution >= 4 is 14.3 Å². The Morgan fingerprint density at radius 2 is 2.05 bits per heavy atom. The van der Waals surface area contributed by atoms with E-state index in [1.807, 2.05) is 6.92 Å². The van der Waals surface area contributed by atoms with Crippen molar-refractivity contribution < 1.29 is 14.0 Å². The average Bonchev–Trinajstić information content (AvgIpc) is 2.74. The molecular weight excluding hydrogens is 280 g/mol. The molecule has 0 aromatic rings. The van der Waals surface area contributed by atoms with Gasteiger partial charge >= 0.3 is 5.97 Å². The van der Waals surface area contributed by atoms with E-state index in [4.69, 9.17) is 9.16 Å². The molecule has 0 saturated carbocycles. The molecule has 0 N–H and O–H groups in total. The molecule has 0 unspecified atom stereocenters. The summed E-state index contributed by atoms with van der Waals surface area (Å²) in [6.07, 6.45) is 3.88. The summed E-state index contributed by atoms with van der Waals surface area (Å²) < 4.78 is 11.4. The molecule has 122 valence electrons. The second-order valence-corrected chi connectivity index (χ2v) is 12.4. The maximum Gasteiger partial charge on any atom is 0.309 e. The number of carbonyl (C=O) groups excluding carboxylic acids is 1. The maximum absolute atomic E-state index is 11.9. The summed E-state index contributed by atoms with van der Waals surface area (Å²) in [6, 6.07) is 0. The van der Waals surface area contributed by atoms with Gasteiger partial charge in [-0.25, -0.2) is 0 Å². The highest BCUT2D eigenvalue weighted by Gasteiger charge is 2.38. The van der Waals surface area contributed by atoms with Crippen molar-refractivity contribution in [3.05, 3.63) is 11.6 Å². The van der Waals surface area contributed by atoms with Crippen LogP contribution in [0.15, 0.2) is 11.6 Å². The summed E-state index contributed by atoms with van der Waals surface area (Å²) in [6.45, 7) is 16.7. The Kier molecular flexibility index (Phi) is 6.23. The third kappa shape index (κ3) is 4.68. The van der Waals surface area contributed by atoms with Crippen LogP contribution in [0.3, 0.4) is 0 Å². The zero-order valence-electron chi connectivity index (χ0n) is 14.8. The molecule has 4 heteroatoms. The van der Waals surface area contributed by atoms with Crippen molar-refractivity contribution in [2.45, 2.75) is 65.6 Å². The predicted octanol–water partition coefficient (Wildman–Crippen LogP) is 4.54. The second kappa shape index (κ2) is 7.10. The maximum atomic E-state index is 11.9. The molecule has 21 heavy (non-hydrogen) atoms. The van der Waals surface area contributed by atoms with Crippen LogP contribution in [-0.4, -0.2) is 27.5 Å². The summed E-state index contributed by atoms with van der Waals surface area (Å²) in [4.78, 5) is 11.9. The van der Waals surface area contributed by atoms with Gasteiger partial charge in [0.2, 0.25) is 0 Å². The third-order valence-electron chi connectivity index (χ3n) is 5.16. The predicted molar refractivity (Wildman–Crippen MR) is 89.8 cm³/mol. The number of esters is 1. The van der Waals surface area contributed by atoms with E-state index in [0.29, 0.717) is 6.61 Å². The number of rotatable bonds is 6. The van der Waals surface area contributed by atoms with Gasteiger partial charge in [0.1, 0.15) is 0 Å². The number of cyclic esters (lactones) is 1. The molecule has 0 amide bonds. The Bertz CT molecular complexity index is 393. The lowest BCUT2D eigenvalue weighted by Crippen LogP contribution is -2.41. The number of hydrogen-bond acceptors (Lipinski definition) is 3. The topological polar surface area (TPSA) is 35.5 Å². The molecule has 1 heterocycles. The first-order valence-corrected chi connectivity index (χ1v) is 10.9. The van der Waals surface area contributed by atoms with E-state index in [0.717, 1.165) is 19.4 Å². The standard InChI is InChI=1S/C17H32O3Si/c1-8-13(2)15-12-19-16(18)14(15)10-9-11-20-21(6,7)17(3,4)5/h8,14-15H,9-12H2,1-7H3/b13-8-/t14-,15-/m1/s1. The minimum atomic E-state index is -1.67. The lowest BCUT2D eigenvalue weighted by molar-refractivity contribution is -0.141. The van der Waals surface area contributed by atoms with Crippen molar-refractivity contribution in [2.24, 2.45) is 11.8 Å². The van der Waals surface area contributed by atoms with E-state index >= 15 is 0 Å². The lowest BCUT2D eigenvalue weighted by Gasteiger charge is -2.36. The Hall–Kier alpha value is -0.613. The Morgan fingerprint density at radius 1 is 1.43 bits per heavy atom. The molecular formula is C17H32O3Si. The van der Waals surface area contributed by atoms with Gasteiger partial charge in [-0.05, 0) is 44.8 Å². The molecule has 0 spiro atoms. The van der Waals surface area contributed by atoms with E-state index in [2.05, 4.69) is 46.9 Å². The Labute approximate surface area is 131 Å². The van der Waals surface area contributed by atoms with Crippen LogP contribution in [0.25, 0.3) is 0 Å². The van der Waals surface area contributed by atoms with E-state index in [1.54, 1.807) is 0 Å². The largest absolute Gasteiger partial charge is 0.465 e. The van der Waals surface area contributed by atoms with Crippen molar-refractivity contribution in [2.75, 3.05) is 13.2 Å². The molecule has 1 aliphatic heterocycles. The van der Waals surface area contributed by atoms with Gasteiger partial charge in [-0.2, -0.15) is 0 Å². The van der Waals surface area contributed by atoms with Crippen LogP contribution in [0.5, 0.6) is 0 Å². The first-order valence-electron chi connectivity index (χ1n) is 8.03. The Balaban J connectivity index is 2.46. The summed E-state index contributed by atoms with van der Waals surface area (Å²) in [5, 5.41) is 0.239. The average molecular weight is 313 g/mol. The summed E-state index contributed by atoms with van der Waals surface area (Å²) in [5.41, 5.74) is 1.26. The lowest BCUT2D eigenvalue weighted by atomic mass is 9.86. The molecule has 3 nitrogen and oxygen atoms in total. The van der Waals surface area contributed by atoms with Crippen molar-refractivity contribution in [1.82, 2.24) is 0 Å². The van der Waals surface area contributed by atoms with Crippen LogP contribution < -0.4 is 0 Å². The van der Waals surface area contributed by atoms with E-state index in [-0.39, 0.29) is 22.8 Å². The molecule has 1 rings (SSSR count). The van der Waals surface area contributed by atoms with Crippen LogP contribution in [-0.2, 0) is 14.0 Å². The van der Waals surface area contributed by atoms with Gasteiger partial charge < -0.3 is 9.16 Å². The quantitative estimate of drug-likeness (QED) is 0.312. The third-order valence-corrected chi connectivity index (χ3v) is 9.70. The van der Waals surface area contributed by atoms with Gasteiger partial charge in [0.05, 0.1) is 12.5 Å². The van der Waals surface area contributed by atoms with Crippen molar-refractivity contribution in [1.29, 1.82) is 0 Å². The van der Waals surface area contributed by atoms with Gasteiger partial charge in [-0.3, -0.25) is 4.79 Å². The normalized spacial score (nSPS) is 24.3. The van der Waals surface area contributed by atoms with Gasteiger partial charge in [0.25, 0.3) is 0 Å². The van der Waals surface area contributed by atoms with Gasteiger partial charge in [0.15, 0.2) is 8.32 Å². The van der Waals surface area contributed by atoms with Gasteiger partial charge in [-0.15, -0.1) is 0 Å².